The molecule has 2 amide bonds. The average molecular weight is 412 g/mol. The Labute approximate surface area is 170 Å². The monoisotopic (exact) mass is 412 g/mol. The van der Waals surface area contributed by atoms with E-state index < -0.39 is 41.2 Å². The Balaban J connectivity index is 2.26. The van der Waals surface area contributed by atoms with Crippen molar-refractivity contribution in [3.63, 3.8) is 0 Å². The van der Waals surface area contributed by atoms with Crippen LogP contribution in [0.3, 0.4) is 0 Å². The molecule has 1 aliphatic rings. The van der Waals surface area contributed by atoms with E-state index in [1.165, 1.54) is 31.2 Å². The van der Waals surface area contributed by atoms with E-state index in [0.29, 0.717) is 12.0 Å². The summed E-state index contributed by atoms with van der Waals surface area (Å²) < 4.78 is 33.0. The van der Waals surface area contributed by atoms with Gasteiger partial charge in [0.1, 0.15) is 23.3 Å². The highest BCUT2D eigenvalue weighted by atomic mass is 19.1. The van der Waals surface area contributed by atoms with E-state index in [9.17, 15) is 18.4 Å². The van der Waals surface area contributed by atoms with Crippen LogP contribution in [0, 0.1) is 11.6 Å². The first kappa shape index (κ1) is 23.1. The summed E-state index contributed by atoms with van der Waals surface area (Å²) in [5, 5.41) is 1.04. The molecule has 0 aliphatic carbocycles. The van der Waals surface area contributed by atoms with Gasteiger partial charge in [0.05, 0.1) is 7.11 Å². The van der Waals surface area contributed by atoms with Crippen LogP contribution in [0.15, 0.2) is 18.2 Å². The molecule has 6 nitrogen and oxygen atoms in total. The zero-order valence-corrected chi connectivity index (χ0v) is 17.7. The van der Waals surface area contributed by atoms with Gasteiger partial charge in [-0.3, -0.25) is 14.5 Å². The van der Waals surface area contributed by atoms with Crippen LogP contribution in [-0.4, -0.2) is 54.3 Å². The fourth-order valence-electron chi connectivity index (χ4n) is 3.57. The first-order valence-corrected chi connectivity index (χ1v) is 9.85. The van der Waals surface area contributed by atoms with E-state index in [1.807, 2.05) is 13.8 Å². The van der Waals surface area contributed by atoms with Crippen molar-refractivity contribution >= 4 is 12.0 Å². The average Bonchev–Trinajstić information content (AvgIpc) is 3.09. The van der Waals surface area contributed by atoms with E-state index in [2.05, 4.69) is 6.92 Å². The quantitative estimate of drug-likeness (QED) is 0.629. The smallest absolute Gasteiger partial charge is 0.411 e. The van der Waals surface area contributed by atoms with Gasteiger partial charge < -0.3 is 4.74 Å². The number of carbonyl (C=O) groups is 2. The first-order valence-electron chi connectivity index (χ1n) is 9.85. The lowest BCUT2D eigenvalue weighted by Crippen LogP contribution is -2.48. The molecule has 2 atom stereocenters. The van der Waals surface area contributed by atoms with Crippen molar-refractivity contribution < 1.29 is 27.9 Å². The topological polar surface area (TPSA) is 59.1 Å². The molecular weight excluding hydrogens is 382 g/mol. The number of amides is 2. The van der Waals surface area contributed by atoms with Gasteiger partial charge in [0.15, 0.2) is 0 Å². The number of halogens is 2. The molecule has 0 spiro atoms. The number of hydrogen-bond acceptors (Lipinski definition) is 4. The maximum atomic E-state index is 13.7. The van der Waals surface area contributed by atoms with E-state index in [4.69, 9.17) is 9.57 Å². The maximum Gasteiger partial charge on any atom is 0.411 e. The van der Waals surface area contributed by atoms with Gasteiger partial charge in [0, 0.05) is 25.6 Å². The van der Waals surface area contributed by atoms with E-state index in [0.717, 1.165) is 24.0 Å². The Bertz CT molecular complexity index is 721. The van der Waals surface area contributed by atoms with Crippen LogP contribution in [0.4, 0.5) is 13.6 Å². The fourth-order valence-corrected chi connectivity index (χ4v) is 3.57. The Morgan fingerprint density at radius 3 is 2.41 bits per heavy atom. The van der Waals surface area contributed by atoms with Crippen molar-refractivity contribution in [2.75, 3.05) is 20.7 Å². The van der Waals surface area contributed by atoms with Crippen molar-refractivity contribution in [3.8, 4) is 0 Å². The van der Waals surface area contributed by atoms with Crippen molar-refractivity contribution in [3.05, 3.63) is 35.4 Å². The first-order chi connectivity index (χ1) is 13.6. The number of likely N-dealkylation sites (N-methyl/N-ethyl adjacent to an activating group) is 1. The lowest BCUT2D eigenvalue weighted by atomic mass is 9.96. The standard InChI is InChI=1S/C21H30F2N2O4/c1-6-7-8-21(2,3)29-20(27)25-13-15(11-18(25)19(26)24(4)28-5)14-9-16(22)12-17(23)10-14/h9-10,12,15,18H,6-8,11,13H2,1-5H3/t15-,18?/m1/s1. The van der Waals surface area contributed by atoms with Crippen LogP contribution in [0.2, 0.25) is 0 Å². The number of unbranched alkanes of at least 4 members (excludes halogenated alkanes) is 1. The van der Waals surface area contributed by atoms with Crippen molar-refractivity contribution in [1.82, 2.24) is 9.96 Å². The van der Waals surface area contributed by atoms with E-state index in [-0.39, 0.29) is 13.0 Å². The summed E-state index contributed by atoms with van der Waals surface area (Å²) in [6, 6.07) is 2.41. The fraction of sp³-hybridized carbons (Fsp3) is 0.619. The molecule has 1 saturated heterocycles. The van der Waals surface area contributed by atoms with Gasteiger partial charge in [-0.15, -0.1) is 0 Å². The number of hydrogen-bond donors (Lipinski definition) is 0. The van der Waals surface area contributed by atoms with Gasteiger partial charge >= 0.3 is 6.09 Å². The van der Waals surface area contributed by atoms with Crippen molar-refractivity contribution in [2.24, 2.45) is 0 Å². The number of ether oxygens (including phenoxy) is 1. The molecule has 0 saturated carbocycles. The Hall–Kier alpha value is -2.22. The summed E-state index contributed by atoms with van der Waals surface area (Å²) in [5.41, 5.74) is -0.280. The molecule has 162 valence electrons. The third-order valence-electron chi connectivity index (χ3n) is 5.26. The second-order valence-electron chi connectivity index (χ2n) is 8.05. The molecule has 0 N–H and O–H groups in total. The summed E-state index contributed by atoms with van der Waals surface area (Å²) in [6.07, 6.45) is 2.17. The second-order valence-corrected chi connectivity index (χ2v) is 8.05. The molecule has 1 fully saturated rings. The normalized spacial score (nSPS) is 19.3. The third kappa shape index (κ3) is 5.88. The van der Waals surface area contributed by atoms with Gasteiger partial charge in [-0.25, -0.2) is 18.6 Å². The maximum absolute atomic E-state index is 13.7. The highest BCUT2D eigenvalue weighted by Crippen LogP contribution is 2.34. The molecule has 0 aromatic heterocycles. The molecule has 0 bridgehead atoms. The Morgan fingerprint density at radius 1 is 1.24 bits per heavy atom. The molecule has 2 rings (SSSR count). The minimum absolute atomic E-state index is 0.125. The molecule has 29 heavy (non-hydrogen) atoms. The summed E-state index contributed by atoms with van der Waals surface area (Å²) >= 11 is 0. The van der Waals surface area contributed by atoms with Crippen LogP contribution >= 0.6 is 0 Å². The lowest BCUT2D eigenvalue weighted by Gasteiger charge is -2.31. The molecule has 8 heteroatoms. The number of nitrogens with zero attached hydrogens (tertiary/aromatic N) is 2. The van der Waals surface area contributed by atoms with Crippen LogP contribution in [0.1, 0.15) is 57.9 Å². The lowest BCUT2D eigenvalue weighted by molar-refractivity contribution is -0.173. The van der Waals surface area contributed by atoms with E-state index >= 15 is 0 Å². The van der Waals surface area contributed by atoms with Gasteiger partial charge in [-0.2, -0.15) is 0 Å². The Morgan fingerprint density at radius 2 is 1.86 bits per heavy atom. The number of likely N-dealkylation sites (tertiary alicyclic amines) is 1. The van der Waals surface area contributed by atoms with Crippen molar-refractivity contribution in [1.29, 1.82) is 0 Å². The van der Waals surface area contributed by atoms with Crippen molar-refractivity contribution in [2.45, 2.75) is 64.0 Å². The minimum Gasteiger partial charge on any atom is -0.443 e. The molecule has 1 aromatic rings. The second kappa shape index (κ2) is 9.52. The number of rotatable bonds is 7. The Kier molecular flexibility index (Phi) is 7.57. The summed E-state index contributed by atoms with van der Waals surface area (Å²) in [7, 11) is 2.80. The largest absolute Gasteiger partial charge is 0.443 e. The van der Waals surface area contributed by atoms with Crippen LogP contribution in [0.25, 0.3) is 0 Å². The van der Waals surface area contributed by atoms with Gasteiger partial charge in [-0.05, 0) is 50.8 Å². The number of carbonyl (C=O) groups excluding carboxylic acids is 2. The van der Waals surface area contributed by atoms with E-state index in [1.54, 1.807) is 0 Å². The summed E-state index contributed by atoms with van der Waals surface area (Å²) in [5.74, 6) is -2.21. The van der Waals surface area contributed by atoms with Gasteiger partial charge in [0.25, 0.3) is 5.91 Å². The minimum atomic E-state index is -0.842. The molecule has 1 aromatic carbocycles. The predicted octanol–water partition coefficient (Wildman–Crippen LogP) is 4.25. The van der Waals surface area contributed by atoms with Gasteiger partial charge in [0.2, 0.25) is 0 Å². The zero-order valence-electron chi connectivity index (χ0n) is 17.7. The van der Waals surface area contributed by atoms with Gasteiger partial charge in [-0.1, -0.05) is 13.3 Å². The predicted molar refractivity (Wildman–Crippen MR) is 104 cm³/mol. The van der Waals surface area contributed by atoms with Crippen LogP contribution in [0.5, 0.6) is 0 Å². The molecule has 1 aliphatic heterocycles. The molecular formula is C21H30F2N2O4. The highest BCUT2D eigenvalue weighted by molar-refractivity contribution is 5.85. The zero-order chi connectivity index (χ0) is 21.8. The molecule has 0 radical (unpaired) electrons. The molecule has 1 unspecified atom stereocenters. The third-order valence-corrected chi connectivity index (χ3v) is 5.26. The summed E-state index contributed by atoms with van der Waals surface area (Å²) in [6.45, 7) is 5.83. The van der Waals surface area contributed by atoms with Crippen LogP contribution in [-0.2, 0) is 14.4 Å². The SMILES string of the molecule is CCCCC(C)(C)OC(=O)N1C[C@H](c2cc(F)cc(F)c2)CC1C(=O)N(C)OC. The van der Waals surface area contributed by atoms with Crippen LogP contribution < -0.4 is 0 Å². The number of benzene rings is 1. The highest BCUT2D eigenvalue weighted by Gasteiger charge is 2.43. The molecule has 1 heterocycles. The number of hydroxylamine groups is 2. The summed E-state index contributed by atoms with van der Waals surface area (Å²) in [4.78, 5) is 32.0.